The molecule has 2 aliphatic rings. The number of fused-ring (bicyclic) bond motifs is 1. The van der Waals surface area contributed by atoms with Crippen LogP contribution >= 0.6 is 0 Å². The van der Waals surface area contributed by atoms with Crippen LogP contribution in [0, 0.1) is 0 Å². The molecule has 3 rings (SSSR count). The molecule has 1 unspecified atom stereocenters. The normalized spacial score (nSPS) is 24.3. The van der Waals surface area contributed by atoms with Crippen LogP contribution in [0.25, 0.3) is 0 Å². The molecule has 0 bridgehead atoms. The van der Waals surface area contributed by atoms with Crippen molar-refractivity contribution in [1.29, 1.82) is 0 Å². The molecule has 1 aromatic heterocycles. The van der Waals surface area contributed by atoms with Gasteiger partial charge >= 0.3 is 6.09 Å². The molecule has 132 valence electrons. The van der Waals surface area contributed by atoms with Crippen molar-refractivity contribution in [3.8, 4) is 0 Å². The summed E-state index contributed by atoms with van der Waals surface area (Å²) in [5.41, 5.74) is 0.894. The van der Waals surface area contributed by atoms with E-state index in [4.69, 9.17) is 4.74 Å². The van der Waals surface area contributed by atoms with Crippen molar-refractivity contribution in [1.82, 2.24) is 14.7 Å². The van der Waals surface area contributed by atoms with E-state index in [1.165, 1.54) is 0 Å². The SMILES string of the molecule is C[C@H]1Cn2ncc(N3CCC(O)C3=O)c2CN1C(=O)OC(C)(C)C. The summed E-state index contributed by atoms with van der Waals surface area (Å²) < 4.78 is 7.30. The number of ether oxygens (including phenoxy) is 1. The Labute approximate surface area is 141 Å². The van der Waals surface area contributed by atoms with E-state index in [1.807, 2.05) is 32.4 Å². The van der Waals surface area contributed by atoms with E-state index in [-0.39, 0.29) is 18.0 Å². The zero-order chi connectivity index (χ0) is 17.6. The molecule has 1 saturated heterocycles. The molecule has 8 heteroatoms. The van der Waals surface area contributed by atoms with E-state index in [9.17, 15) is 14.7 Å². The van der Waals surface area contributed by atoms with Crippen LogP contribution < -0.4 is 4.90 Å². The van der Waals surface area contributed by atoms with Gasteiger partial charge in [-0.1, -0.05) is 0 Å². The molecule has 1 N–H and O–H groups in total. The minimum absolute atomic E-state index is 0.0556. The predicted octanol–water partition coefficient (Wildman–Crippen LogP) is 1.12. The Hall–Kier alpha value is -2.09. The molecule has 24 heavy (non-hydrogen) atoms. The van der Waals surface area contributed by atoms with Crippen LogP contribution in [0.4, 0.5) is 10.5 Å². The summed E-state index contributed by atoms with van der Waals surface area (Å²) in [5.74, 6) is -0.312. The number of hydrogen-bond donors (Lipinski definition) is 1. The lowest BCUT2D eigenvalue weighted by Crippen LogP contribution is -2.47. The first-order chi connectivity index (χ1) is 11.2. The number of rotatable bonds is 1. The number of aliphatic hydroxyl groups is 1. The largest absolute Gasteiger partial charge is 0.444 e. The maximum Gasteiger partial charge on any atom is 0.410 e. The molecule has 3 heterocycles. The van der Waals surface area contributed by atoms with Crippen LogP contribution in [-0.2, 0) is 22.6 Å². The van der Waals surface area contributed by atoms with Gasteiger partial charge in [0.25, 0.3) is 5.91 Å². The average Bonchev–Trinajstić information content (AvgIpc) is 3.00. The van der Waals surface area contributed by atoms with E-state index >= 15 is 0 Å². The molecule has 0 radical (unpaired) electrons. The van der Waals surface area contributed by atoms with Crippen molar-refractivity contribution in [2.45, 2.75) is 65.0 Å². The fourth-order valence-electron chi connectivity index (χ4n) is 3.08. The molecular weight excluding hydrogens is 312 g/mol. The van der Waals surface area contributed by atoms with Gasteiger partial charge in [-0.3, -0.25) is 14.4 Å². The van der Waals surface area contributed by atoms with Gasteiger partial charge in [0.15, 0.2) is 0 Å². The second-order valence-corrected chi connectivity index (χ2v) is 7.41. The fraction of sp³-hybridized carbons (Fsp3) is 0.688. The molecule has 2 atom stereocenters. The van der Waals surface area contributed by atoms with Crippen LogP contribution in [0.1, 0.15) is 39.8 Å². The van der Waals surface area contributed by atoms with E-state index in [2.05, 4.69) is 5.10 Å². The number of amides is 2. The third-order valence-corrected chi connectivity index (χ3v) is 4.31. The number of anilines is 1. The van der Waals surface area contributed by atoms with Gasteiger partial charge in [-0.15, -0.1) is 0 Å². The van der Waals surface area contributed by atoms with Gasteiger partial charge in [-0.2, -0.15) is 5.10 Å². The summed E-state index contributed by atoms with van der Waals surface area (Å²) in [6.45, 7) is 8.77. The Kier molecular flexibility index (Phi) is 4.03. The van der Waals surface area contributed by atoms with Crippen LogP contribution in [0.5, 0.6) is 0 Å². The van der Waals surface area contributed by atoms with E-state index in [0.717, 1.165) is 5.69 Å². The molecular formula is C16H24N4O4. The molecule has 1 fully saturated rings. The smallest absolute Gasteiger partial charge is 0.410 e. The topological polar surface area (TPSA) is 87.9 Å². The molecule has 2 amide bonds. The summed E-state index contributed by atoms with van der Waals surface area (Å²) in [5, 5.41) is 14.0. The summed E-state index contributed by atoms with van der Waals surface area (Å²) in [7, 11) is 0. The minimum atomic E-state index is -0.954. The van der Waals surface area contributed by atoms with E-state index in [0.29, 0.717) is 31.7 Å². The highest BCUT2D eigenvalue weighted by Crippen LogP contribution is 2.30. The van der Waals surface area contributed by atoms with Gasteiger partial charge in [-0.05, 0) is 27.7 Å². The first-order valence-electron chi connectivity index (χ1n) is 8.21. The average molecular weight is 336 g/mol. The highest BCUT2D eigenvalue weighted by Gasteiger charge is 2.37. The maximum atomic E-state index is 12.5. The molecule has 0 aromatic carbocycles. The number of carbonyl (C=O) groups excluding carboxylic acids is 2. The van der Waals surface area contributed by atoms with Gasteiger partial charge in [0.05, 0.1) is 36.7 Å². The molecule has 0 spiro atoms. The second kappa shape index (κ2) is 5.77. The molecule has 0 aliphatic carbocycles. The Balaban J connectivity index is 1.84. The Morgan fingerprint density at radius 1 is 1.42 bits per heavy atom. The highest BCUT2D eigenvalue weighted by atomic mass is 16.6. The summed E-state index contributed by atoms with van der Waals surface area (Å²) in [4.78, 5) is 27.8. The summed E-state index contributed by atoms with van der Waals surface area (Å²) >= 11 is 0. The second-order valence-electron chi connectivity index (χ2n) is 7.41. The Morgan fingerprint density at radius 3 is 2.71 bits per heavy atom. The standard InChI is InChI=1S/C16H24N4O4/c1-10-8-20-12(9-19(10)15(23)24-16(2,3)4)11(7-17-20)18-6-5-13(21)14(18)22/h7,10,13,21H,5-6,8-9H2,1-4H3/t10-,13?/m0/s1. The first kappa shape index (κ1) is 16.8. The summed E-state index contributed by atoms with van der Waals surface area (Å²) in [6.07, 6.45) is 0.720. The van der Waals surface area contributed by atoms with Crippen molar-refractivity contribution >= 4 is 17.7 Å². The lowest BCUT2D eigenvalue weighted by atomic mass is 10.2. The Bertz CT molecular complexity index is 664. The van der Waals surface area contributed by atoms with Crippen molar-refractivity contribution in [3.63, 3.8) is 0 Å². The van der Waals surface area contributed by atoms with E-state index in [1.54, 1.807) is 16.0 Å². The Morgan fingerprint density at radius 2 is 2.12 bits per heavy atom. The van der Waals surface area contributed by atoms with Gasteiger partial charge in [0.1, 0.15) is 11.7 Å². The van der Waals surface area contributed by atoms with Crippen LogP contribution in [-0.4, -0.2) is 56.1 Å². The van der Waals surface area contributed by atoms with E-state index < -0.39 is 11.7 Å². The number of aliphatic hydroxyl groups excluding tert-OH is 1. The third-order valence-electron chi connectivity index (χ3n) is 4.31. The maximum absolute atomic E-state index is 12.5. The van der Waals surface area contributed by atoms with Crippen molar-refractivity contribution in [3.05, 3.63) is 11.9 Å². The molecule has 2 aliphatic heterocycles. The summed E-state index contributed by atoms with van der Waals surface area (Å²) in [6, 6.07) is -0.0556. The monoisotopic (exact) mass is 336 g/mol. The van der Waals surface area contributed by atoms with Crippen LogP contribution in [0.2, 0.25) is 0 Å². The minimum Gasteiger partial charge on any atom is -0.444 e. The zero-order valence-electron chi connectivity index (χ0n) is 14.5. The number of carbonyl (C=O) groups is 2. The van der Waals surface area contributed by atoms with Gasteiger partial charge in [0.2, 0.25) is 0 Å². The number of aromatic nitrogens is 2. The fourth-order valence-corrected chi connectivity index (χ4v) is 3.08. The quantitative estimate of drug-likeness (QED) is 0.830. The highest BCUT2D eigenvalue weighted by molar-refractivity contribution is 5.99. The zero-order valence-corrected chi connectivity index (χ0v) is 14.5. The lowest BCUT2D eigenvalue weighted by Gasteiger charge is -2.36. The van der Waals surface area contributed by atoms with Crippen LogP contribution in [0.3, 0.4) is 0 Å². The van der Waals surface area contributed by atoms with Crippen LogP contribution in [0.15, 0.2) is 6.20 Å². The van der Waals surface area contributed by atoms with Crippen molar-refractivity contribution in [2.24, 2.45) is 0 Å². The molecule has 1 aromatic rings. The van der Waals surface area contributed by atoms with Crippen molar-refractivity contribution in [2.75, 3.05) is 11.4 Å². The molecule has 8 nitrogen and oxygen atoms in total. The van der Waals surface area contributed by atoms with Gasteiger partial charge < -0.3 is 14.7 Å². The van der Waals surface area contributed by atoms with Crippen molar-refractivity contribution < 1.29 is 19.4 Å². The lowest BCUT2D eigenvalue weighted by molar-refractivity contribution is -0.124. The van der Waals surface area contributed by atoms with Gasteiger partial charge in [0, 0.05) is 13.0 Å². The first-order valence-corrected chi connectivity index (χ1v) is 8.21. The molecule has 0 saturated carbocycles. The third kappa shape index (κ3) is 2.98. The predicted molar refractivity (Wildman–Crippen MR) is 86.4 cm³/mol. The van der Waals surface area contributed by atoms with Gasteiger partial charge in [-0.25, -0.2) is 4.79 Å². The number of hydrogen-bond acceptors (Lipinski definition) is 5. The number of nitrogens with zero attached hydrogens (tertiary/aromatic N) is 4.